The SMILES string of the molecule is CCC(=O)CCCN1CC2CCCN2CC1C. The lowest BCUT2D eigenvalue weighted by molar-refractivity contribution is -0.119. The zero-order valence-corrected chi connectivity index (χ0v) is 11.3. The molecule has 2 aliphatic heterocycles. The zero-order chi connectivity index (χ0) is 12.3. The Labute approximate surface area is 105 Å². The molecule has 0 radical (unpaired) electrons. The van der Waals surface area contributed by atoms with Gasteiger partial charge in [-0.25, -0.2) is 0 Å². The van der Waals surface area contributed by atoms with Crippen LogP contribution in [0, 0.1) is 0 Å². The van der Waals surface area contributed by atoms with E-state index in [9.17, 15) is 4.79 Å². The standard InChI is InChI=1S/C14H26N2O/c1-3-14(17)7-5-8-15-11-13-6-4-9-16(13)10-12(15)2/h12-13H,3-11H2,1-2H3. The molecule has 0 amide bonds. The van der Waals surface area contributed by atoms with Crippen molar-refractivity contribution in [3.8, 4) is 0 Å². The summed E-state index contributed by atoms with van der Waals surface area (Å²) in [5, 5.41) is 0. The van der Waals surface area contributed by atoms with Gasteiger partial charge in [-0.15, -0.1) is 0 Å². The maximum Gasteiger partial charge on any atom is 0.132 e. The molecule has 0 saturated carbocycles. The van der Waals surface area contributed by atoms with Gasteiger partial charge in [-0.05, 0) is 39.3 Å². The number of carbonyl (C=O) groups is 1. The average molecular weight is 238 g/mol. The van der Waals surface area contributed by atoms with Crippen LogP contribution in [0.15, 0.2) is 0 Å². The Morgan fingerprint density at radius 2 is 2.18 bits per heavy atom. The minimum Gasteiger partial charge on any atom is -0.300 e. The number of ketones is 1. The number of rotatable bonds is 5. The van der Waals surface area contributed by atoms with Crippen LogP contribution >= 0.6 is 0 Å². The van der Waals surface area contributed by atoms with Crippen LogP contribution < -0.4 is 0 Å². The minimum atomic E-state index is 0.414. The van der Waals surface area contributed by atoms with E-state index in [0.29, 0.717) is 18.2 Å². The fourth-order valence-corrected chi connectivity index (χ4v) is 3.22. The third-order valence-electron chi connectivity index (χ3n) is 4.36. The first-order valence-corrected chi connectivity index (χ1v) is 7.20. The smallest absolute Gasteiger partial charge is 0.132 e. The summed E-state index contributed by atoms with van der Waals surface area (Å²) in [7, 11) is 0. The predicted octanol–water partition coefficient (Wildman–Crippen LogP) is 1.91. The summed E-state index contributed by atoms with van der Waals surface area (Å²) in [4.78, 5) is 16.5. The number of fused-ring (bicyclic) bond motifs is 1. The van der Waals surface area contributed by atoms with E-state index in [4.69, 9.17) is 0 Å². The van der Waals surface area contributed by atoms with E-state index in [0.717, 1.165) is 25.4 Å². The van der Waals surface area contributed by atoms with Gasteiger partial charge in [-0.1, -0.05) is 6.92 Å². The van der Waals surface area contributed by atoms with Crippen molar-refractivity contribution in [1.82, 2.24) is 9.80 Å². The highest BCUT2D eigenvalue weighted by Gasteiger charge is 2.33. The van der Waals surface area contributed by atoms with Crippen LogP contribution in [0.2, 0.25) is 0 Å². The number of nitrogens with zero attached hydrogens (tertiary/aromatic N) is 2. The number of hydrogen-bond donors (Lipinski definition) is 0. The molecule has 3 heteroatoms. The molecule has 2 rings (SSSR count). The largest absolute Gasteiger partial charge is 0.300 e. The first-order valence-electron chi connectivity index (χ1n) is 7.20. The van der Waals surface area contributed by atoms with Crippen molar-refractivity contribution < 1.29 is 4.79 Å². The van der Waals surface area contributed by atoms with Crippen molar-refractivity contribution in [2.45, 2.75) is 58.0 Å². The highest BCUT2D eigenvalue weighted by atomic mass is 16.1. The van der Waals surface area contributed by atoms with Crippen LogP contribution in [0.25, 0.3) is 0 Å². The lowest BCUT2D eigenvalue weighted by atomic mass is 10.1. The lowest BCUT2D eigenvalue weighted by Gasteiger charge is -2.42. The molecule has 0 bridgehead atoms. The van der Waals surface area contributed by atoms with Gasteiger partial charge in [0.05, 0.1) is 0 Å². The summed E-state index contributed by atoms with van der Waals surface area (Å²) < 4.78 is 0. The molecule has 2 saturated heterocycles. The maximum atomic E-state index is 11.3. The van der Waals surface area contributed by atoms with Gasteiger partial charge in [0.25, 0.3) is 0 Å². The van der Waals surface area contributed by atoms with E-state index in [1.54, 1.807) is 0 Å². The normalized spacial score (nSPS) is 30.5. The summed E-state index contributed by atoms with van der Waals surface area (Å²) >= 11 is 0. The van der Waals surface area contributed by atoms with Crippen molar-refractivity contribution in [3.05, 3.63) is 0 Å². The first kappa shape index (κ1) is 13.0. The maximum absolute atomic E-state index is 11.3. The second-order valence-electron chi connectivity index (χ2n) is 5.63. The fraction of sp³-hybridized carbons (Fsp3) is 0.929. The predicted molar refractivity (Wildman–Crippen MR) is 70.2 cm³/mol. The summed E-state index contributed by atoms with van der Waals surface area (Å²) in [5.74, 6) is 0.414. The van der Waals surface area contributed by atoms with Crippen molar-refractivity contribution in [3.63, 3.8) is 0 Å². The highest BCUT2D eigenvalue weighted by Crippen LogP contribution is 2.24. The minimum absolute atomic E-state index is 0.414. The van der Waals surface area contributed by atoms with E-state index in [-0.39, 0.29) is 0 Å². The summed E-state index contributed by atoms with van der Waals surface area (Å²) in [6.45, 7) is 9.15. The van der Waals surface area contributed by atoms with Gasteiger partial charge in [0.2, 0.25) is 0 Å². The molecule has 2 fully saturated rings. The van der Waals surface area contributed by atoms with Gasteiger partial charge in [0, 0.05) is 38.0 Å². The average Bonchev–Trinajstić information content (AvgIpc) is 2.76. The lowest BCUT2D eigenvalue weighted by Crippen LogP contribution is -2.55. The molecule has 2 heterocycles. The molecule has 0 aromatic carbocycles. The Bertz CT molecular complexity index is 267. The summed E-state index contributed by atoms with van der Waals surface area (Å²) in [6.07, 6.45) is 5.26. The molecule has 2 aliphatic rings. The molecule has 17 heavy (non-hydrogen) atoms. The van der Waals surface area contributed by atoms with Gasteiger partial charge in [0.1, 0.15) is 5.78 Å². The Morgan fingerprint density at radius 1 is 1.35 bits per heavy atom. The van der Waals surface area contributed by atoms with Crippen LogP contribution in [0.3, 0.4) is 0 Å². The van der Waals surface area contributed by atoms with Crippen molar-refractivity contribution in [2.24, 2.45) is 0 Å². The number of piperazine rings is 1. The van der Waals surface area contributed by atoms with E-state index in [2.05, 4.69) is 16.7 Å². The van der Waals surface area contributed by atoms with E-state index in [1.807, 2.05) is 6.92 Å². The zero-order valence-electron chi connectivity index (χ0n) is 11.3. The van der Waals surface area contributed by atoms with Gasteiger partial charge in [-0.2, -0.15) is 0 Å². The number of Topliss-reactive ketones (excluding diaryl/α,β-unsaturated/α-hetero) is 1. The van der Waals surface area contributed by atoms with Crippen LogP contribution in [0.5, 0.6) is 0 Å². The molecule has 2 unspecified atom stereocenters. The number of carbonyl (C=O) groups excluding carboxylic acids is 1. The first-order chi connectivity index (χ1) is 8.20. The van der Waals surface area contributed by atoms with Crippen molar-refractivity contribution in [2.75, 3.05) is 26.2 Å². The van der Waals surface area contributed by atoms with Crippen molar-refractivity contribution in [1.29, 1.82) is 0 Å². The monoisotopic (exact) mass is 238 g/mol. The topological polar surface area (TPSA) is 23.6 Å². The summed E-state index contributed by atoms with van der Waals surface area (Å²) in [6, 6.07) is 1.47. The van der Waals surface area contributed by atoms with Crippen LogP contribution in [-0.4, -0.2) is 53.8 Å². The molecule has 0 N–H and O–H groups in total. The van der Waals surface area contributed by atoms with E-state index >= 15 is 0 Å². The molecule has 3 nitrogen and oxygen atoms in total. The quantitative estimate of drug-likeness (QED) is 0.731. The third kappa shape index (κ3) is 3.29. The van der Waals surface area contributed by atoms with Gasteiger partial charge in [-0.3, -0.25) is 14.6 Å². The van der Waals surface area contributed by atoms with Gasteiger partial charge >= 0.3 is 0 Å². The van der Waals surface area contributed by atoms with Gasteiger partial charge in [0.15, 0.2) is 0 Å². The van der Waals surface area contributed by atoms with Crippen LogP contribution in [-0.2, 0) is 4.79 Å². The molecule has 0 aromatic heterocycles. The van der Waals surface area contributed by atoms with Crippen LogP contribution in [0.1, 0.15) is 46.0 Å². The van der Waals surface area contributed by atoms with Crippen molar-refractivity contribution >= 4 is 5.78 Å². The Morgan fingerprint density at radius 3 is 2.94 bits per heavy atom. The Balaban J connectivity index is 1.74. The summed E-state index contributed by atoms with van der Waals surface area (Å²) in [5.41, 5.74) is 0. The second kappa shape index (κ2) is 5.96. The van der Waals surface area contributed by atoms with E-state index in [1.165, 1.54) is 32.5 Å². The van der Waals surface area contributed by atoms with E-state index < -0.39 is 0 Å². The van der Waals surface area contributed by atoms with Gasteiger partial charge < -0.3 is 0 Å². The third-order valence-corrected chi connectivity index (χ3v) is 4.36. The molecule has 98 valence electrons. The Kier molecular flexibility index (Phi) is 4.57. The molecule has 0 aliphatic carbocycles. The molecule has 0 aromatic rings. The second-order valence-corrected chi connectivity index (χ2v) is 5.63. The number of hydrogen-bond acceptors (Lipinski definition) is 3. The molecule has 2 atom stereocenters. The van der Waals surface area contributed by atoms with Crippen LogP contribution in [0.4, 0.5) is 0 Å². The molecular formula is C14H26N2O. The molecular weight excluding hydrogens is 212 g/mol. The molecule has 0 spiro atoms. The highest BCUT2D eigenvalue weighted by molar-refractivity contribution is 5.77. The fourth-order valence-electron chi connectivity index (χ4n) is 3.22. The Hall–Kier alpha value is -0.410.